The number of rotatable bonds is 4. The zero-order chi connectivity index (χ0) is 14.7. The molecule has 2 unspecified atom stereocenters. The van der Waals surface area contributed by atoms with Crippen LogP contribution in [0.4, 0.5) is 8.78 Å². The van der Waals surface area contributed by atoms with Crippen molar-refractivity contribution in [1.82, 2.24) is 4.90 Å². The Labute approximate surface area is 116 Å². The molecule has 1 amide bonds. The third-order valence-electron chi connectivity index (χ3n) is 3.64. The number of aliphatic hydroxyl groups excluding tert-OH is 1. The molecule has 0 spiro atoms. The third kappa shape index (κ3) is 3.07. The molecule has 1 aromatic rings. The number of ether oxygens (including phenoxy) is 1. The molecule has 20 heavy (non-hydrogen) atoms. The second kappa shape index (κ2) is 6.17. The molecule has 1 aromatic carbocycles. The van der Waals surface area contributed by atoms with Crippen molar-refractivity contribution in [2.75, 3.05) is 13.2 Å². The van der Waals surface area contributed by atoms with E-state index in [2.05, 4.69) is 4.74 Å². The van der Waals surface area contributed by atoms with Gasteiger partial charge in [0.15, 0.2) is 0 Å². The van der Waals surface area contributed by atoms with Crippen molar-refractivity contribution in [3.05, 3.63) is 29.8 Å². The number of hydrogen-bond acceptors (Lipinski definition) is 3. The van der Waals surface area contributed by atoms with Gasteiger partial charge in [-0.1, -0.05) is 13.0 Å². The van der Waals surface area contributed by atoms with Crippen LogP contribution < -0.4 is 4.74 Å². The van der Waals surface area contributed by atoms with Crippen molar-refractivity contribution >= 4 is 5.91 Å². The number of aliphatic hydroxyl groups is 1. The molecular weight excluding hydrogens is 268 g/mol. The van der Waals surface area contributed by atoms with Gasteiger partial charge in [-0.25, -0.2) is 0 Å². The Morgan fingerprint density at radius 1 is 1.55 bits per heavy atom. The lowest BCUT2D eigenvalue weighted by Crippen LogP contribution is -2.39. The fraction of sp³-hybridized carbons (Fsp3) is 0.500. The average Bonchev–Trinajstić information content (AvgIpc) is 2.78. The summed E-state index contributed by atoms with van der Waals surface area (Å²) in [4.78, 5) is 14.0. The van der Waals surface area contributed by atoms with E-state index >= 15 is 0 Å². The molecule has 1 heterocycles. The SMILES string of the molecule is CC1CCN(C(=O)c2cccc(OC(F)F)c2)C1CO. The summed E-state index contributed by atoms with van der Waals surface area (Å²) in [5.74, 6) is -0.0868. The molecule has 0 aromatic heterocycles. The van der Waals surface area contributed by atoms with Gasteiger partial charge >= 0.3 is 6.61 Å². The topological polar surface area (TPSA) is 49.8 Å². The Balaban J connectivity index is 2.16. The van der Waals surface area contributed by atoms with Gasteiger partial charge in [-0.15, -0.1) is 0 Å². The van der Waals surface area contributed by atoms with Crippen LogP contribution in [0, 0.1) is 5.92 Å². The molecule has 0 bridgehead atoms. The van der Waals surface area contributed by atoms with Gasteiger partial charge in [0.2, 0.25) is 0 Å². The predicted octanol–water partition coefficient (Wildman–Crippen LogP) is 2.13. The van der Waals surface area contributed by atoms with E-state index in [9.17, 15) is 18.7 Å². The van der Waals surface area contributed by atoms with Crippen molar-refractivity contribution in [2.45, 2.75) is 26.0 Å². The van der Waals surface area contributed by atoms with Crippen LogP contribution in [0.25, 0.3) is 0 Å². The molecule has 1 N–H and O–H groups in total. The standard InChI is InChI=1S/C14H17F2NO3/c1-9-5-6-17(12(9)8-18)13(19)10-3-2-4-11(7-10)20-14(15)16/h2-4,7,9,12,14,18H,5-6,8H2,1H3. The first-order chi connectivity index (χ1) is 9.52. The van der Waals surface area contributed by atoms with Gasteiger partial charge in [0.05, 0.1) is 12.6 Å². The number of amides is 1. The summed E-state index contributed by atoms with van der Waals surface area (Å²) in [6.45, 7) is -0.479. The maximum atomic E-state index is 12.4. The number of benzene rings is 1. The largest absolute Gasteiger partial charge is 0.435 e. The van der Waals surface area contributed by atoms with Gasteiger partial charge in [0.25, 0.3) is 5.91 Å². The average molecular weight is 285 g/mol. The monoisotopic (exact) mass is 285 g/mol. The summed E-state index contributed by atoms with van der Waals surface area (Å²) in [5, 5.41) is 9.36. The van der Waals surface area contributed by atoms with Crippen molar-refractivity contribution in [3.63, 3.8) is 0 Å². The summed E-state index contributed by atoms with van der Waals surface area (Å²) in [7, 11) is 0. The zero-order valence-corrected chi connectivity index (χ0v) is 11.1. The van der Waals surface area contributed by atoms with Crippen molar-refractivity contribution in [3.8, 4) is 5.75 Å². The summed E-state index contributed by atoms with van der Waals surface area (Å²) in [6.07, 6.45) is 0.824. The molecule has 0 radical (unpaired) electrons. The molecule has 1 aliphatic rings. The Bertz CT molecular complexity index is 481. The predicted molar refractivity (Wildman–Crippen MR) is 68.8 cm³/mol. The van der Waals surface area contributed by atoms with Crippen molar-refractivity contribution < 1.29 is 23.4 Å². The van der Waals surface area contributed by atoms with Crippen LogP contribution in [0.15, 0.2) is 24.3 Å². The van der Waals surface area contributed by atoms with Gasteiger partial charge < -0.3 is 14.7 Å². The lowest BCUT2D eigenvalue weighted by molar-refractivity contribution is -0.0499. The van der Waals surface area contributed by atoms with Gasteiger partial charge in [-0.3, -0.25) is 4.79 Å². The summed E-state index contributed by atoms with van der Waals surface area (Å²) in [6, 6.07) is 5.50. The third-order valence-corrected chi connectivity index (χ3v) is 3.64. The first-order valence-electron chi connectivity index (χ1n) is 6.49. The summed E-state index contributed by atoms with van der Waals surface area (Å²) >= 11 is 0. The molecule has 4 nitrogen and oxygen atoms in total. The normalized spacial score (nSPS) is 22.4. The molecule has 2 rings (SSSR count). The van der Waals surface area contributed by atoms with E-state index in [1.54, 1.807) is 11.0 Å². The van der Waals surface area contributed by atoms with Crippen molar-refractivity contribution in [1.29, 1.82) is 0 Å². The van der Waals surface area contributed by atoms with Crippen LogP contribution in [0.1, 0.15) is 23.7 Å². The number of nitrogens with zero attached hydrogens (tertiary/aromatic N) is 1. The van der Waals surface area contributed by atoms with Gasteiger partial charge in [0.1, 0.15) is 5.75 Å². The van der Waals surface area contributed by atoms with Gasteiger partial charge in [0, 0.05) is 12.1 Å². The second-order valence-electron chi connectivity index (χ2n) is 4.92. The van der Waals surface area contributed by atoms with Crippen LogP contribution in [0.3, 0.4) is 0 Å². The Morgan fingerprint density at radius 2 is 2.30 bits per heavy atom. The first kappa shape index (κ1) is 14.7. The van der Waals surface area contributed by atoms with Crippen LogP contribution >= 0.6 is 0 Å². The van der Waals surface area contributed by atoms with Crippen LogP contribution in [0.5, 0.6) is 5.75 Å². The quantitative estimate of drug-likeness (QED) is 0.922. The smallest absolute Gasteiger partial charge is 0.387 e. The highest BCUT2D eigenvalue weighted by molar-refractivity contribution is 5.95. The molecule has 0 aliphatic carbocycles. The molecule has 2 atom stereocenters. The maximum absolute atomic E-state index is 12.4. The van der Waals surface area contributed by atoms with E-state index in [1.807, 2.05) is 6.92 Å². The fourth-order valence-electron chi connectivity index (χ4n) is 2.51. The van der Waals surface area contributed by atoms with E-state index in [4.69, 9.17) is 0 Å². The number of halogens is 2. The molecule has 1 saturated heterocycles. The molecular formula is C14H17F2NO3. The molecule has 0 saturated carbocycles. The van der Waals surface area contributed by atoms with Crippen molar-refractivity contribution in [2.24, 2.45) is 5.92 Å². The second-order valence-corrected chi connectivity index (χ2v) is 4.92. The van der Waals surface area contributed by atoms with Gasteiger partial charge in [-0.05, 0) is 30.5 Å². The zero-order valence-electron chi connectivity index (χ0n) is 11.1. The highest BCUT2D eigenvalue weighted by Crippen LogP contribution is 2.26. The summed E-state index contributed by atoms with van der Waals surface area (Å²) < 4.78 is 28.6. The van der Waals surface area contributed by atoms with E-state index in [1.165, 1.54) is 18.2 Å². The Hall–Kier alpha value is -1.69. The minimum atomic E-state index is -2.92. The van der Waals surface area contributed by atoms with E-state index in [0.29, 0.717) is 6.54 Å². The minimum Gasteiger partial charge on any atom is -0.435 e. The van der Waals surface area contributed by atoms with Crippen LogP contribution in [-0.2, 0) is 0 Å². The minimum absolute atomic E-state index is 0.0429. The number of carbonyl (C=O) groups is 1. The van der Waals surface area contributed by atoms with Crippen LogP contribution in [-0.4, -0.2) is 41.7 Å². The van der Waals surface area contributed by atoms with E-state index < -0.39 is 6.61 Å². The fourth-order valence-corrected chi connectivity index (χ4v) is 2.51. The first-order valence-corrected chi connectivity index (χ1v) is 6.49. The summed E-state index contributed by atoms with van der Waals surface area (Å²) in [5.41, 5.74) is 0.288. The number of carbonyl (C=O) groups excluding carboxylic acids is 1. The molecule has 1 aliphatic heterocycles. The lowest BCUT2D eigenvalue weighted by atomic mass is 10.0. The number of hydrogen-bond donors (Lipinski definition) is 1. The Morgan fingerprint density at radius 3 is 2.95 bits per heavy atom. The van der Waals surface area contributed by atoms with E-state index in [-0.39, 0.29) is 35.8 Å². The molecule has 1 fully saturated rings. The number of alkyl halides is 2. The lowest BCUT2D eigenvalue weighted by Gasteiger charge is -2.25. The van der Waals surface area contributed by atoms with Gasteiger partial charge in [-0.2, -0.15) is 8.78 Å². The Kier molecular flexibility index (Phi) is 4.54. The number of likely N-dealkylation sites (tertiary alicyclic amines) is 1. The molecule has 110 valence electrons. The van der Waals surface area contributed by atoms with E-state index in [0.717, 1.165) is 6.42 Å². The highest BCUT2D eigenvalue weighted by atomic mass is 19.3. The highest BCUT2D eigenvalue weighted by Gasteiger charge is 2.34. The molecule has 6 heteroatoms. The maximum Gasteiger partial charge on any atom is 0.387 e. The van der Waals surface area contributed by atoms with Crippen LogP contribution in [0.2, 0.25) is 0 Å².